The molecule has 0 fully saturated rings. The number of ketones is 1. The minimum atomic E-state index is -0.870. The van der Waals surface area contributed by atoms with E-state index in [9.17, 15) is 13.6 Å². The van der Waals surface area contributed by atoms with Crippen LogP contribution in [-0.4, -0.2) is 10.8 Å². The first kappa shape index (κ1) is 13.8. The van der Waals surface area contributed by atoms with Crippen molar-refractivity contribution in [1.29, 1.82) is 0 Å². The molecule has 0 aliphatic carbocycles. The van der Waals surface area contributed by atoms with Crippen LogP contribution < -0.4 is 0 Å². The molecule has 2 aromatic rings. The molecule has 98 valence electrons. The van der Waals surface area contributed by atoms with Crippen molar-refractivity contribution in [1.82, 2.24) is 4.98 Å². The van der Waals surface area contributed by atoms with Gasteiger partial charge in [0.25, 0.3) is 0 Å². The van der Waals surface area contributed by atoms with Gasteiger partial charge in [0.15, 0.2) is 5.78 Å². The fourth-order valence-electron chi connectivity index (χ4n) is 1.75. The molecule has 2 rings (SSSR count). The standard InChI is InChI=1S/C14H10BrF2NO/c1-8-3-2-4-18-12(8)7-13(19)14-10(16)5-9(15)6-11(14)17/h2-6H,7H2,1H3. The molecule has 2 nitrogen and oxygen atoms in total. The topological polar surface area (TPSA) is 30.0 Å². The largest absolute Gasteiger partial charge is 0.294 e. The molecule has 5 heteroatoms. The van der Waals surface area contributed by atoms with Crippen molar-refractivity contribution in [3.8, 4) is 0 Å². The highest BCUT2D eigenvalue weighted by Gasteiger charge is 2.19. The van der Waals surface area contributed by atoms with E-state index in [1.54, 1.807) is 25.3 Å². The van der Waals surface area contributed by atoms with Crippen molar-refractivity contribution < 1.29 is 13.6 Å². The van der Waals surface area contributed by atoms with Crippen LogP contribution in [0.2, 0.25) is 0 Å². The zero-order chi connectivity index (χ0) is 14.0. The van der Waals surface area contributed by atoms with Gasteiger partial charge in [0.2, 0.25) is 0 Å². The maximum Gasteiger partial charge on any atom is 0.174 e. The zero-order valence-electron chi connectivity index (χ0n) is 10.1. The van der Waals surface area contributed by atoms with Crippen LogP contribution in [-0.2, 0) is 6.42 Å². The van der Waals surface area contributed by atoms with Gasteiger partial charge < -0.3 is 0 Å². The van der Waals surface area contributed by atoms with Gasteiger partial charge in [-0.15, -0.1) is 0 Å². The Morgan fingerprint density at radius 3 is 2.53 bits per heavy atom. The Labute approximate surface area is 117 Å². The summed E-state index contributed by atoms with van der Waals surface area (Å²) in [7, 11) is 0. The molecule has 0 bridgehead atoms. The van der Waals surface area contributed by atoms with Gasteiger partial charge in [-0.2, -0.15) is 0 Å². The monoisotopic (exact) mass is 325 g/mol. The Morgan fingerprint density at radius 1 is 1.32 bits per heavy atom. The van der Waals surface area contributed by atoms with E-state index in [0.717, 1.165) is 17.7 Å². The molecule has 0 spiro atoms. The molecule has 1 heterocycles. The summed E-state index contributed by atoms with van der Waals surface area (Å²) in [6, 6.07) is 5.68. The normalized spacial score (nSPS) is 10.5. The summed E-state index contributed by atoms with van der Waals surface area (Å²) in [4.78, 5) is 16.0. The second-order valence-electron chi connectivity index (χ2n) is 4.11. The summed E-state index contributed by atoms with van der Waals surface area (Å²) in [5, 5.41) is 0. The average molecular weight is 326 g/mol. The van der Waals surface area contributed by atoms with Crippen molar-refractivity contribution in [2.45, 2.75) is 13.3 Å². The number of nitrogens with zero attached hydrogens (tertiary/aromatic N) is 1. The van der Waals surface area contributed by atoms with Crippen LogP contribution in [0.1, 0.15) is 21.6 Å². The van der Waals surface area contributed by atoms with Crippen molar-refractivity contribution >= 4 is 21.7 Å². The van der Waals surface area contributed by atoms with Gasteiger partial charge in [0.05, 0.1) is 17.7 Å². The molecular formula is C14H10BrF2NO. The first-order chi connectivity index (χ1) is 8.99. The molecule has 19 heavy (non-hydrogen) atoms. The Bertz CT molecular complexity index is 620. The van der Waals surface area contributed by atoms with Crippen molar-refractivity contribution in [3.63, 3.8) is 0 Å². The lowest BCUT2D eigenvalue weighted by atomic mass is 10.0. The van der Waals surface area contributed by atoms with E-state index in [1.165, 1.54) is 0 Å². The third-order valence-electron chi connectivity index (χ3n) is 2.73. The molecular weight excluding hydrogens is 316 g/mol. The number of benzene rings is 1. The van der Waals surface area contributed by atoms with Crippen LogP contribution in [0.5, 0.6) is 0 Å². The zero-order valence-corrected chi connectivity index (χ0v) is 11.7. The number of carbonyl (C=O) groups excluding carboxylic acids is 1. The third-order valence-corrected chi connectivity index (χ3v) is 3.19. The molecule has 0 atom stereocenters. The van der Waals surface area contributed by atoms with Crippen LogP contribution in [0.25, 0.3) is 0 Å². The Balaban J connectivity index is 2.34. The first-order valence-corrected chi connectivity index (χ1v) is 6.36. The van der Waals surface area contributed by atoms with Crippen LogP contribution in [0, 0.1) is 18.6 Å². The smallest absolute Gasteiger partial charge is 0.174 e. The molecule has 1 aromatic heterocycles. The highest BCUT2D eigenvalue weighted by molar-refractivity contribution is 9.10. The highest BCUT2D eigenvalue weighted by atomic mass is 79.9. The molecule has 0 aliphatic rings. The third kappa shape index (κ3) is 3.04. The Morgan fingerprint density at radius 2 is 1.95 bits per heavy atom. The number of hydrogen-bond acceptors (Lipinski definition) is 2. The number of aromatic nitrogens is 1. The summed E-state index contributed by atoms with van der Waals surface area (Å²) in [6.45, 7) is 1.80. The lowest BCUT2D eigenvalue weighted by molar-refractivity contribution is 0.0983. The van der Waals surface area contributed by atoms with Crippen molar-refractivity contribution in [2.24, 2.45) is 0 Å². The number of hydrogen-bond donors (Lipinski definition) is 0. The van der Waals surface area contributed by atoms with E-state index in [-0.39, 0.29) is 10.9 Å². The number of pyridine rings is 1. The molecule has 0 amide bonds. The first-order valence-electron chi connectivity index (χ1n) is 5.57. The molecule has 0 saturated heterocycles. The maximum absolute atomic E-state index is 13.7. The molecule has 0 aliphatic heterocycles. The minimum absolute atomic E-state index is 0.123. The van der Waals surface area contributed by atoms with Crippen LogP contribution >= 0.6 is 15.9 Å². The van der Waals surface area contributed by atoms with E-state index in [1.807, 2.05) is 0 Å². The molecule has 0 N–H and O–H groups in total. The molecule has 0 radical (unpaired) electrons. The predicted molar refractivity (Wildman–Crippen MR) is 71.1 cm³/mol. The summed E-state index contributed by atoms with van der Waals surface area (Å²) >= 11 is 2.97. The summed E-state index contributed by atoms with van der Waals surface area (Å²) < 4.78 is 27.6. The van der Waals surface area contributed by atoms with Crippen molar-refractivity contribution in [3.05, 3.63) is 63.4 Å². The number of aryl methyl sites for hydroxylation is 1. The van der Waals surface area contributed by atoms with E-state index < -0.39 is 23.0 Å². The lowest BCUT2D eigenvalue weighted by Crippen LogP contribution is -2.11. The molecule has 0 saturated carbocycles. The molecule has 0 unspecified atom stereocenters. The van der Waals surface area contributed by atoms with Crippen LogP contribution in [0.15, 0.2) is 34.9 Å². The summed E-state index contributed by atoms with van der Waals surface area (Å²) in [5.74, 6) is -2.36. The summed E-state index contributed by atoms with van der Waals surface area (Å²) in [5.41, 5.74) is 0.816. The molecule has 1 aromatic carbocycles. The van der Waals surface area contributed by atoms with E-state index in [0.29, 0.717) is 5.69 Å². The van der Waals surface area contributed by atoms with Gasteiger partial charge in [0, 0.05) is 10.7 Å². The fourth-order valence-corrected chi connectivity index (χ4v) is 2.15. The van der Waals surface area contributed by atoms with Gasteiger partial charge in [-0.25, -0.2) is 8.78 Å². The van der Waals surface area contributed by atoms with E-state index in [2.05, 4.69) is 20.9 Å². The van der Waals surface area contributed by atoms with E-state index >= 15 is 0 Å². The van der Waals surface area contributed by atoms with E-state index in [4.69, 9.17) is 0 Å². The minimum Gasteiger partial charge on any atom is -0.294 e. The quantitative estimate of drug-likeness (QED) is 0.802. The van der Waals surface area contributed by atoms with Crippen LogP contribution in [0.4, 0.5) is 8.78 Å². The predicted octanol–water partition coefficient (Wildman–Crippen LogP) is 3.86. The maximum atomic E-state index is 13.7. The van der Waals surface area contributed by atoms with Crippen LogP contribution in [0.3, 0.4) is 0 Å². The fraction of sp³-hybridized carbons (Fsp3) is 0.143. The second kappa shape index (κ2) is 5.57. The Hall–Kier alpha value is -1.62. The Kier molecular flexibility index (Phi) is 4.04. The van der Waals surface area contributed by atoms with Gasteiger partial charge in [-0.1, -0.05) is 22.0 Å². The number of rotatable bonds is 3. The average Bonchev–Trinajstić information content (AvgIpc) is 2.30. The highest BCUT2D eigenvalue weighted by Crippen LogP contribution is 2.21. The number of carbonyl (C=O) groups is 1. The lowest BCUT2D eigenvalue weighted by Gasteiger charge is -2.06. The summed E-state index contributed by atoms with van der Waals surface area (Å²) in [6.07, 6.45) is 1.42. The second-order valence-corrected chi connectivity index (χ2v) is 5.03. The number of halogens is 3. The van der Waals surface area contributed by atoms with Crippen molar-refractivity contribution in [2.75, 3.05) is 0 Å². The van der Waals surface area contributed by atoms with Gasteiger partial charge in [-0.05, 0) is 30.7 Å². The van der Waals surface area contributed by atoms with Gasteiger partial charge in [-0.3, -0.25) is 9.78 Å². The number of Topliss-reactive ketones (excluding diaryl/α,β-unsaturated/α-hetero) is 1. The van der Waals surface area contributed by atoms with Gasteiger partial charge in [0.1, 0.15) is 11.6 Å². The SMILES string of the molecule is Cc1cccnc1CC(=O)c1c(F)cc(Br)cc1F. The van der Waals surface area contributed by atoms with Gasteiger partial charge >= 0.3 is 0 Å².